The second-order valence-electron chi connectivity index (χ2n) is 6.11. The van der Waals surface area contributed by atoms with E-state index in [0.29, 0.717) is 24.8 Å². The Labute approximate surface area is 170 Å². The van der Waals surface area contributed by atoms with Gasteiger partial charge in [0.2, 0.25) is 0 Å². The van der Waals surface area contributed by atoms with Crippen molar-refractivity contribution in [2.24, 2.45) is 0 Å². The fourth-order valence-corrected chi connectivity index (χ4v) is 3.11. The zero-order valence-electron chi connectivity index (χ0n) is 16.1. The zero-order chi connectivity index (χ0) is 19.8. The minimum Gasteiger partial charge on any atom is -0.496 e. The van der Waals surface area contributed by atoms with E-state index < -0.39 is 0 Å². The first-order chi connectivity index (χ1) is 13.7. The SMILES string of the molecule is CCOc1ccccc1NC(=S)N(Cc1ccco1)Cc1ccccc1OC. The number of hydrogen-bond acceptors (Lipinski definition) is 4. The van der Waals surface area contributed by atoms with Crippen LogP contribution in [0.15, 0.2) is 71.3 Å². The largest absolute Gasteiger partial charge is 0.496 e. The van der Waals surface area contributed by atoms with Crippen molar-refractivity contribution in [2.45, 2.75) is 20.0 Å². The molecule has 146 valence electrons. The number of hydrogen-bond donors (Lipinski definition) is 1. The van der Waals surface area contributed by atoms with Crippen molar-refractivity contribution in [3.05, 3.63) is 78.3 Å². The molecule has 3 rings (SSSR count). The first-order valence-electron chi connectivity index (χ1n) is 9.13. The summed E-state index contributed by atoms with van der Waals surface area (Å²) in [5.74, 6) is 2.42. The summed E-state index contributed by atoms with van der Waals surface area (Å²) in [4.78, 5) is 2.04. The summed E-state index contributed by atoms with van der Waals surface area (Å²) in [7, 11) is 1.67. The van der Waals surface area contributed by atoms with Crippen molar-refractivity contribution in [1.82, 2.24) is 4.90 Å². The van der Waals surface area contributed by atoms with Crippen molar-refractivity contribution in [2.75, 3.05) is 19.0 Å². The molecule has 28 heavy (non-hydrogen) atoms. The predicted molar refractivity (Wildman–Crippen MR) is 115 cm³/mol. The molecule has 0 radical (unpaired) electrons. The molecule has 5 nitrogen and oxygen atoms in total. The van der Waals surface area contributed by atoms with E-state index >= 15 is 0 Å². The van der Waals surface area contributed by atoms with Crippen LogP contribution in [0.5, 0.6) is 11.5 Å². The molecular weight excluding hydrogens is 372 g/mol. The van der Waals surface area contributed by atoms with Crippen molar-refractivity contribution >= 4 is 23.0 Å². The molecule has 0 bridgehead atoms. The van der Waals surface area contributed by atoms with Crippen molar-refractivity contribution < 1.29 is 13.9 Å². The molecule has 0 aliphatic heterocycles. The number of thiocarbonyl (C=S) groups is 1. The molecule has 0 saturated carbocycles. The third kappa shape index (κ3) is 5.04. The van der Waals surface area contributed by atoms with Crippen molar-refractivity contribution in [3.8, 4) is 11.5 Å². The third-order valence-corrected chi connectivity index (χ3v) is 4.56. The molecule has 0 saturated heterocycles. The standard InChI is InChI=1S/C22H24N2O3S/c1-3-26-21-13-7-5-11-19(21)23-22(28)24(16-18-10-8-14-27-18)15-17-9-4-6-12-20(17)25-2/h4-14H,3,15-16H2,1-2H3,(H,23,28). The molecule has 0 aliphatic rings. The number of nitrogens with zero attached hydrogens (tertiary/aromatic N) is 1. The van der Waals surface area contributed by atoms with Gasteiger partial charge in [0.1, 0.15) is 17.3 Å². The van der Waals surface area contributed by atoms with Gasteiger partial charge in [-0.2, -0.15) is 0 Å². The lowest BCUT2D eigenvalue weighted by atomic mass is 10.2. The number of nitrogens with one attached hydrogen (secondary N) is 1. The van der Waals surface area contributed by atoms with Gasteiger partial charge in [0.25, 0.3) is 0 Å². The molecule has 1 heterocycles. The molecule has 0 atom stereocenters. The number of para-hydroxylation sites is 3. The van der Waals surface area contributed by atoms with Gasteiger partial charge in [-0.25, -0.2) is 0 Å². The maximum atomic E-state index is 5.73. The number of benzene rings is 2. The van der Waals surface area contributed by atoms with Gasteiger partial charge in [0, 0.05) is 12.1 Å². The molecule has 6 heteroatoms. The van der Waals surface area contributed by atoms with Crippen LogP contribution in [0.1, 0.15) is 18.2 Å². The molecule has 0 amide bonds. The monoisotopic (exact) mass is 396 g/mol. The lowest BCUT2D eigenvalue weighted by molar-refractivity contribution is 0.340. The van der Waals surface area contributed by atoms with Gasteiger partial charge in [-0.05, 0) is 49.5 Å². The van der Waals surface area contributed by atoms with Crippen LogP contribution in [0.4, 0.5) is 5.69 Å². The Morgan fingerprint density at radius 1 is 1.00 bits per heavy atom. The van der Waals surface area contributed by atoms with Gasteiger partial charge in [-0.1, -0.05) is 30.3 Å². The van der Waals surface area contributed by atoms with Crippen LogP contribution >= 0.6 is 12.2 Å². The molecule has 1 N–H and O–H groups in total. The van der Waals surface area contributed by atoms with E-state index in [4.69, 9.17) is 26.1 Å². The smallest absolute Gasteiger partial charge is 0.174 e. The fraction of sp³-hybridized carbons (Fsp3) is 0.227. The predicted octanol–water partition coefficient (Wildman–Crippen LogP) is 5.09. The highest BCUT2D eigenvalue weighted by Crippen LogP contribution is 2.26. The number of methoxy groups -OCH3 is 1. The number of anilines is 1. The van der Waals surface area contributed by atoms with E-state index in [9.17, 15) is 0 Å². The van der Waals surface area contributed by atoms with Crippen LogP contribution in [0.3, 0.4) is 0 Å². The summed E-state index contributed by atoms with van der Waals surface area (Å²) >= 11 is 5.73. The highest BCUT2D eigenvalue weighted by atomic mass is 32.1. The molecule has 2 aromatic carbocycles. The van der Waals surface area contributed by atoms with E-state index in [0.717, 1.165) is 28.5 Å². The second kappa shape index (κ2) is 9.80. The normalized spacial score (nSPS) is 10.4. The Bertz CT molecular complexity index is 896. The van der Waals surface area contributed by atoms with E-state index in [-0.39, 0.29) is 0 Å². The summed E-state index contributed by atoms with van der Waals surface area (Å²) in [5, 5.41) is 3.89. The Balaban J connectivity index is 1.83. The van der Waals surface area contributed by atoms with Crippen LogP contribution in [0, 0.1) is 0 Å². The van der Waals surface area contributed by atoms with E-state index in [1.165, 1.54) is 0 Å². The summed E-state index contributed by atoms with van der Waals surface area (Å²) in [5.41, 5.74) is 1.87. The highest BCUT2D eigenvalue weighted by Gasteiger charge is 2.16. The molecule has 3 aromatic rings. The zero-order valence-corrected chi connectivity index (χ0v) is 16.9. The maximum Gasteiger partial charge on any atom is 0.174 e. The number of ether oxygens (including phenoxy) is 2. The first kappa shape index (κ1) is 19.8. The average molecular weight is 397 g/mol. The van der Waals surface area contributed by atoms with Crippen LogP contribution in [-0.4, -0.2) is 23.7 Å². The van der Waals surface area contributed by atoms with Gasteiger partial charge >= 0.3 is 0 Å². The van der Waals surface area contributed by atoms with Gasteiger partial charge in [0.15, 0.2) is 5.11 Å². The Morgan fingerprint density at radius 3 is 2.46 bits per heavy atom. The van der Waals surface area contributed by atoms with Crippen LogP contribution in [0.2, 0.25) is 0 Å². The minimum atomic E-state index is 0.535. The Hall–Kier alpha value is -2.99. The minimum absolute atomic E-state index is 0.535. The van der Waals surface area contributed by atoms with Crippen molar-refractivity contribution in [3.63, 3.8) is 0 Å². The van der Waals surface area contributed by atoms with E-state index in [2.05, 4.69) is 5.32 Å². The van der Waals surface area contributed by atoms with Crippen LogP contribution in [-0.2, 0) is 13.1 Å². The lowest BCUT2D eigenvalue weighted by Gasteiger charge is -2.26. The number of rotatable bonds is 8. The Morgan fingerprint density at radius 2 is 1.75 bits per heavy atom. The Kier molecular flexibility index (Phi) is 6.92. The number of furan rings is 1. The van der Waals surface area contributed by atoms with Crippen LogP contribution in [0.25, 0.3) is 0 Å². The molecule has 0 fully saturated rings. The van der Waals surface area contributed by atoms with E-state index in [1.54, 1.807) is 13.4 Å². The van der Waals surface area contributed by atoms with Gasteiger partial charge in [-0.3, -0.25) is 0 Å². The third-order valence-electron chi connectivity index (χ3n) is 4.20. The van der Waals surface area contributed by atoms with Gasteiger partial charge in [-0.15, -0.1) is 0 Å². The summed E-state index contributed by atoms with van der Waals surface area (Å²) in [6.45, 7) is 3.66. The highest BCUT2D eigenvalue weighted by molar-refractivity contribution is 7.80. The van der Waals surface area contributed by atoms with Crippen molar-refractivity contribution in [1.29, 1.82) is 0 Å². The molecule has 0 aliphatic carbocycles. The average Bonchev–Trinajstić information content (AvgIpc) is 3.22. The molecule has 0 spiro atoms. The lowest BCUT2D eigenvalue weighted by Crippen LogP contribution is -2.34. The van der Waals surface area contributed by atoms with Crippen LogP contribution < -0.4 is 14.8 Å². The van der Waals surface area contributed by atoms with Gasteiger partial charge in [0.05, 0.1) is 32.2 Å². The topological polar surface area (TPSA) is 46.9 Å². The molecular formula is C22H24N2O3S. The first-order valence-corrected chi connectivity index (χ1v) is 9.54. The summed E-state index contributed by atoms with van der Waals surface area (Å²) < 4.78 is 16.7. The maximum absolute atomic E-state index is 5.73. The quantitative estimate of drug-likeness (QED) is 0.536. The molecule has 0 unspecified atom stereocenters. The van der Waals surface area contributed by atoms with Gasteiger partial charge < -0.3 is 24.1 Å². The summed E-state index contributed by atoms with van der Waals surface area (Å²) in [6.07, 6.45) is 1.66. The summed E-state index contributed by atoms with van der Waals surface area (Å²) in [6, 6.07) is 19.5. The fourth-order valence-electron chi connectivity index (χ4n) is 2.87. The second-order valence-corrected chi connectivity index (χ2v) is 6.49. The molecule has 1 aromatic heterocycles. The van der Waals surface area contributed by atoms with E-state index in [1.807, 2.05) is 72.5 Å².